The Kier molecular flexibility index (Phi) is 6.53. The molecule has 0 fully saturated rings. The molecule has 0 aliphatic rings. The lowest BCUT2D eigenvalue weighted by Crippen LogP contribution is -2.04. The Morgan fingerprint density at radius 2 is 1.93 bits per heavy atom. The molecular weight excluding hydrogens is 204 g/mol. The molecule has 0 aromatic heterocycles. The molecule has 1 aromatic rings. The van der Waals surface area contributed by atoms with Gasteiger partial charge in [0.15, 0.2) is 0 Å². The van der Waals surface area contributed by atoms with E-state index in [0.29, 0.717) is 5.92 Å². The SMILES string of the molecule is CC(C)COCCSCc1ccccc1. The lowest BCUT2D eigenvalue weighted by molar-refractivity contribution is 0.124. The topological polar surface area (TPSA) is 9.23 Å². The van der Waals surface area contributed by atoms with E-state index in [-0.39, 0.29) is 0 Å². The normalized spacial score (nSPS) is 10.9. The van der Waals surface area contributed by atoms with E-state index in [1.807, 2.05) is 11.8 Å². The first-order chi connectivity index (χ1) is 7.29. The largest absolute Gasteiger partial charge is 0.380 e. The number of ether oxygens (including phenoxy) is 1. The van der Waals surface area contributed by atoms with E-state index in [0.717, 1.165) is 24.7 Å². The summed E-state index contributed by atoms with van der Waals surface area (Å²) >= 11 is 1.93. The number of hydrogen-bond donors (Lipinski definition) is 0. The summed E-state index contributed by atoms with van der Waals surface area (Å²) in [5, 5.41) is 0. The van der Waals surface area contributed by atoms with Gasteiger partial charge in [0.25, 0.3) is 0 Å². The number of benzene rings is 1. The Morgan fingerprint density at radius 3 is 2.60 bits per heavy atom. The fraction of sp³-hybridized carbons (Fsp3) is 0.538. The lowest BCUT2D eigenvalue weighted by atomic mass is 10.2. The van der Waals surface area contributed by atoms with Crippen LogP contribution in [0.1, 0.15) is 19.4 Å². The van der Waals surface area contributed by atoms with Gasteiger partial charge < -0.3 is 4.74 Å². The van der Waals surface area contributed by atoms with Gasteiger partial charge in [-0.1, -0.05) is 44.2 Å². The Hall–Kier alpha value is -0.470. The standard InChI is InChI=1S/C13H20OS/c1-12(2)10-14-8-9-15-11-13-6-4-3-5-7-13/h3-7,12H,8-11H2,1-2H3. The van der Waals surface area contributed by atoms with Crippen molar-refractivity contribution in [1.29, 1.82) is 0 Å². The summed E-state index contributed by atoms with van der Waals surface area (Å²) in [5.41, 5.74) is 1.39. The van der Waals surface area contributed by atoms with Gasteiger partial charge in [-0.05, 0) is 11.5 Å². The molecular formula is C13H20OS. The van der Waals surface area contributed by atoms with Crippen LogP contribution in [0.3, 0.4) is 0 Å². The van der Waals surface area contributed by atoms with Gasteiger partial charge in [-0.2, -0.15) is 11.8 Å². The highest BCUT2D eigenvalue weighted by Gasteiger charge is 1.95. The Morgan fingerprint density at radius 1 is 1.20 bits per heavy atom. The summed E-state index contributed by atoms with van der Waals surface area (Å²) < 4.78 is 5.51. The van der Waals surface area contributed by atoms with Crippen LogP contribution in [0.2, 0.25) is 0 Å². The minimum absolute atomic E-state index is 0.643. The van der Waals surface area contributed by atoms with Crippen LogP contribution < -0.4 is 0 Å². The molecule has 15 heavy (non-hydrogen) atoms. The van der Waals surface area contributed by atoms with E-state index < -0.39 is 0 Å². The molecule has 0 radical (unpaired) electrons. The second-order valence-electron chi connectivity index (χ2n) is 4.01. The number of thioether (sulfide) groups is 1. The van der Waals surface area contributed by atoms with Gasteiger partial charge in [0.1, 0.15) is 0 Å². The van der Waals surface area contributed by atoms with Gasteiger partial charge in [-0.25, -0.2) is 0 Å². The highest BCUT2D eigenvalue weighted by molar-refractivity contribution is 7.98. The average molecular weight is 224 g/mol. The molecule has 1 aromatic carbocycles. The molecule has 0 saturated carbocycles. The zero-order valence-electron chi connectivity index (χ0n) is 9.61. The maximum Gasteiger partial charge on any atom is 0.0556 e. The average Bonchev–Trinajstić information content (AvgIpc) is 2.24. The molecule has 0 saturated heterocycles. The van der Waals surface area contributed by atoms with Crippen molar-refractivity contribution < 1.29 is 4.74 Å². The number of hydrogen-bond acceptors (Lipinski definition) is 2. The van der Waals surface area contributed by atoms with E-state index in [1.54, 1.807) is 0 Å². The molecule has 0 N–H and O–H groups in total. The summed E-state index contributed by atoms with van der Waals surface area (Å²) in [7, 11) is 0. The third kappa shape index (κ3) is 6.58. The maximum absolute atomic E-state index is 5.51. The minimum atomic E-state index is 0.643. The predicted octanol–water partition coefficient (Wildman–Crippen LogP) is 3.59. The molecule has 0 aliphatic carbocycles. The van der Waals surface area contributed by atoms with E-state index in [9.17, 15) is 0 Å². The second-order valence-corrected chi connectivity index (χ2v) is 5.11. The fourth-order valence-electron chi connectivity index (χ4n) is 1.20. The molecule has 0 spiro atoms. The zero-order valence-corrected chi connectivity index (χ0v) is 10.4. The summed E-state index contributed by atoms with van der Waals surface area (Å²) in [4.78, 5) is 0. The van der Waals surface area contributed by atoms with Gasteiger partial charge in [-0.3, -0.25) is 0 Å². The molecule has 2 heteroatoms. The van der Waals surface area contributed by atoms with E-state index in [1.165, 1.54) is 5.56 Å². The third-order valence-corrected chi connectivity index (χ3v) is 2.93. The van der Waals surface area contributed by atoms with Crippen LogP contribution in [0, 0.1) is 5.92 Å². The summed E-state index contributed by atoms with van der Waals surface area (Å²) in [6.45, 7) is 6.11. The first-order valence-corrected chi connectivity index (χ1v) is 6.64. The first-order valence-electron chi connectivity index (χ1n) is 5.48. The van der Waals surface area contributed by atoms with Gasteiger partial charge >= 0.3 is 0 Å². The third-order valence-electron chi connectivity index (χ3n) is 1.93. The molecule has 84 valence electrons. The van der Waals surface area contributed by atoms with Crippen LogP contribution >= 0.6 is 11.8 Å². The molecule has 0 atom stereocenters. The van der Waals surface area contributed by atoms with Crippen LogP contribution in [0.5, 0.6) is 0 Å². The Bertz CT molecular complexity index is 246. The van der Waals surface area contributed by atoms with Crippen LogP contribution in [-0.4, -0.2) is 19.0 Å². The smallest absolute Gasteiger partial charge is 0.0556 e. The summed E-state index contributed by atoms with van der Waals surface area (Å²) in [6, 6.07) is 10.6. The predicted molar refractivity (Wildman–Crippen MR) is 68.3 cm³/mol. The first kappa shape index (κ1) is 12.6. The van der Waals surface area contributed by atoms with E-state index >= 15 is 0 Å². The molecule has 0 amide bonds. The molecule has 0 bridgehead atoms. The highest BCUT2D eigenvalue weighted by Crippen LogP contribution is 2.11. The molecule has 0 aliphatic heterocycles. The van der Waals surface area contributed by atoms with Crippen molar-refractivity contribution in [3.05, 3.63) is 35.9 Å². The lowest BCUT2D eigenvalue weighted by Gasteiger charge is -2.06. The number of rotatable bonds is 7. The van der Waals surface area contributed by atoms with Crippen molar-refractivity contribution in [2.45, 2.75) is 19.6 Å². The zero-order chi connectivity index (χ0) is 10.9. The van der Waals surface area contributed by atoms with Gasteiger partial charge in [0, 0.05) is 18.1 Å². The van der Waals surface area contributed by atoms with Crippen molar-refractivity contribution in [3.8, 4) is 0 Å². The minimum Gasteiger partial charge on any atom is -0.380 e. The van der Waals surface area contributed by atoms with Gasteiger partial charge in [0.2, 0.25) is 0 Å². The van der Waals surface area contributed by atoms with Crippen LogP contribution in [0.15, 0.2) is 30.3 Å². The maximum atomic E-state index is 5.51. The van der Waals surface area contributed by atoms with E-state index in [4.69, 9.17) is 4.74 Å². The molecule has 1 rings (SSSR count). The molecule has 1 nitrogen and oxygen atoms in total. The Labute approximate surface area is 97.2 Å². The van der Waals surface area contributed by atoms with Crippen LogP contribution in [-0.2, 0) is 10.5 Å². The second kappa shape index (κ2) is 7.77. The monoisotopic (exact) mass is 224 g/mol. The quantitative estimate of drug-likeness (QED) is 0.655. The molecule has 0 unspecified atom stereocenters. The highest BCUT2D eigenvalue weighted by atomic mass is 32.2. The fourth-order valence-corrected chi connectivity index (χ4v) is 2.01. The van der Waals surface area contributed by atoms with Crippen LogP contribution in [0.4, 0.5) is 0 Å². The summed E-state index contributed by atoms with van der Waals surface area (Å²) in [6.07, 6.45) is 0. The van der Waals surface area contributed by atoms with Crippen molar-refractivity contribution in [2.24, 2.45) is 5.92 Å². The molecule has 0 heterocycles. The Balaban J connectivity index is 1.98. The summed E-state index contributed by atoms with van der Waals surface area (Å²) in [5.74, 6) is 2.82. The van der Waals surface area contributed by atoms with Crippen LogP contribution in [0.25, 0.3) is 0 Å². The van der Waals surface area contributed by atoms with Crippen molar-refractivity contribution in [2.75, 3.05) is 19.0 Å². The van der Waals surface area contributed by atoms with E-state index in [2.05, 4.69) is 44.2 Å². The van der Waals surface area contributed by atoms with Crippen molar-refractivity contribution >= 4 is 11.8 Å². The van der Waals surface area contributed by atoms with Crippen molar-refractivity contribution in [1.82, 2.24) is 0 Å². The van der Waals surface area contributed by atoms with Gasteiger partial charge in [0.05, 0.1) is 6.61 Å². The van der Waals surface area contributed by atoms with Crippen molar-refractivity contribution in [3.63, 3.8) is 0 Å². The van der Waals surface area contributed by atoms with Gasteiger partial charge in [-0.15, -0.1) is 0 Å².